The van der Waals surface area contributed by atoms with Gasteiger partial charge in [-0.3, -0.25) is 0 Å². The molecule has 0 fully saturated rings. The third-order valence-corrected chi connectivity index (χ3v) is 4.51. The fourth-order valence-electron chi connectivity index (χ4n) is 3.37. The average molecular weight is 282 g/mol. The molecule has 0 nitrogen and oxygen atoms in total. The minimum atomic E-state index is -0.389. The predicted molar refractivity (Wildman–Crippen MR) is 88.9 cm³/mol. The number of rotatable bonds is 4. The van der Waals surface area contributed by atoms with Gasteiger partial charge in [0.05, 0.1) is 0 Å². The van der Waals surface area contributed by atoms with Crippen molar-refractivity contribution >= 4 is 6.08 Å². The molecule has 0 aromatic heterocycles. The summed E-state index contributed by atoms with van der Waals surface area (Å²) in [7, 11) is 0. The van der Waals surface area contributed by atoms with Crippen LogP contribution in [0.2, 0.25) is 0 Å². The van der Waals surface area contributed by atoms with E-state index in [2.05, 4.69) is 50.1 Å². The second kappa shape index (κ2) is 6.31. The summed E-state index contributed by atoms with van der Waals surface area (Å²) in [5.74, 6) is 2.68. The molecule has 0 saturated heterocycles. The van der Waals surface area contributed by atoms with Crippen LogP contribution in [-0.2, 0) is 11.8 Å². The molecule has 0 heterocycles. The van der Waals surface area contributed by atoms with Crippen molar-refractivity contribution in [3.05, 3.63) is 52.1 Å². The molecular formula is C20H23F. The van der Waals surface area contributed by atoms with E-state index in [1.54, 1.807) is 0 Å². The normalized spacial score (nSPS) is 16.9. The van der Waals surface area contributed by atoms with Crippen molar-refractivity contribution < 1.29 is 4.39 Å². The van der Waals surface area contributed by atoms with Crippen LogP contribution in [0.1, 0.15) is 50.3 Å². The van der Waals surface area contributed by atoms with Gasteiger partial charge in [-0.05, 0) is 42.0 Å². The van der Waals surface area contributed by atoms with E-state index in [1.807, 2.05) is 6.92 Å². The van der Waals surface area contributed by atoms with Gasteiger partial charge in [-0.15, -0.1) is 12.3 Å². The largest absolute Gasteiger partial charge is 0.246 e. The molecule has 0 N–H and O–H groups in total. The van der Waals surface area contributed by atoms with Crippen LogP contribution in [0.15, 0.2) is 35.4 Å². The van der Waals surface area contributed by atoms with E-state index in [4.69, 9.17) is 6.42 Å². The van der Waals surface area contributed by atoms with Crippen LogP contribution in [0.4, 0.5) is 4.39 Å². The molecule has 0 unspecified atom stereocenters. The Morgan fingerprint density at radius 3 is 2.76 bits per heavy atom. The first kappa shape index (κ1) is 15.6. The number of alkyl halides is 1. The molecule has 0 saturated carbocycles. The first-order valence-electron chi connectivity index (χ1n) is 7.52. The highest BCUT2D eigenvalue weighted by Crippen LogP contribution is 2.43. The molecule has 1 aromatic carbocycles. The molecule has 0 atom stereocenters. The second-order valence-corrected chi connectivity index (χ2v) is 6.09. The van der Waals surface area contributed by atoms with Gasteiger partial charge in [0.2, 0.25) is 0 Å². The molecule has 110 valence electrons. The molecule has 0 amide bonds. The van der Waals surface area contributed by atoms with Crippen LogP contribution in [0.5, 0.6) is 0 Å². The van der Waals surface area contributed by atoms with E-state index in [9.17, 15) is 4.39 Å². The highest BCUT2D eigenvalue weighted by molar-refractivity contribution is 5.61. The zero-order chi connectivity index (χ0) is 15.5. The number of terminal acetylenes is 1. The van der Waals surface area contributed by atoms with Crippen molar-refractivity contribution in [3.8, 4) is 12.3 Å². The van der Waals surface area contributed by atoms with Gasteiger partial charge < -0.3 is 0 Å². The summed E-state index contributed by atoms with van der Waals surface area (Å²) < 4.78 is 13.7. The average Bonchev–Trinajstić information content (AvgIpc) is 2.46. The maximum atomic E-state index is 13.7. The first-order valence-corrected chi connectivity index (χ1v) is 7.52. The quantitative estimate of drug-likeness (QED) is 0.524. The van der Waals surface area contributed by atoms with Crippen LogP contribution in [0.3, 0.4) is 0 Å². The van der Waals surface area contributed by atoms with Gasteiger partial charge in [0.1, 0.15) is 6.67 Å². The number of fused-ring (bicyclic) bond motifs is 1. The molecule has 21 heavy (non-hydrogen) atoms. The molecule has 0 radical (unpaired) electrons. The number of hydrogen-bond donors (Lipinski definition) is 0. The monoisotopic (exact) mass is 282 g/mol. The van der Waals surface area contributed by atoms with Crippen LogP contribution in [-0.4, -0.2) is 6.67 Å². The lowest BCUT2D eigenvalue weighted by molar-refractivity contribution is 0.461. The Morgan fingerprint density at radius 2 is 2.14 bits per heavy atom. The van der Waals surface area contributed by atoms with Crippen molar-refractivity contribution in [3.63, 3.8) is 0 Å². The minimum absolute atomic E-state index is 0.260. The van der Waals surface area contributed by atoms with Crippen molar-refractivity contribution in [2.24, 2.45) is 0 Å². The maximum absolute atomic E-state index is 13.7. The number of benzene rings is 1. The number of hydrogen-bond acceptors (Lipinski definition) is 0. The molecule has 0 bridgehead atoms. The molecule has 1 aromatic rings. The summed E-state index contributed by atoms with van der Waals surface area (Å²) in [6, 6.07) is 6.34. The standard InChI is InChI=1S/C20H23F/c1-5-7-10-16-13-17-15(9-6-2)11-8-12-18(17)20(3,4)19(16)14-21/h1,6,8-9,11-12H,7,10,13-14H2,2-4H3/b9-6-. The third kappa shape index (κ3) is 2.81. The van der Waals surface area contributed by atoms with E-state index < -0.39 is 0 Å². The molecule has 1 aliphatic carbocycles. The molecule has 1 aliphatic rings. The van der Waals surface area contributed by atoms with Crippen LogP contribution >= 0.6 is 0 Å². The van der Waals surface area contributed by atoms with Crippen LogP contribution < -0.4 is 0 Å². The van der Waals surface area contributed by atoms with Gasteiger partial charge in [0.25, 0.3) is 0 Å². The summed E-state index contributed by atoms with van der Waals surface area (Å²) in [6.07, 6.45) is 11.9. The lowest BCUT2D eigenvalue weighted by atomic mass is 9.67. The van der Waals surface area contributed by atoms with Gasteiger partial charge >= 0.3 is 0 Å². The molecular weight excluding hydrogens is 259 g/mol. The molecule has 2 rings (SSSR count). The Labute approximate surface area is 127 Å². The second-order valence-electron chi connectivity index (χ2n) is 6.09. The van der Waals surface area contributed by atoms with Crippen molar-refractivity contribution in [2.75, 3.05) is 6.67 Å². The third-order valence-electron chi connectivity index (χ3n) is 4.51. The smallest absolute Gasteiger partial charge is 0.112 e. The Kier molecular flexibility index (Phi) is 4.68. The highest BCUT2D eigenvalue weighted by Gasteiger charge is 2.34. The summed E-state index contributed by atoms with van der Waals surface area (Å²) >= 11 is 0. The van der Waals surface area contributed by atoms with Crippen molar-refractivity contribution in [1.29, 1.82) is 0 Å². The highest BCUT2D eigenvalue weighted by atomic mass is 19.1. The lowest BCUT2D eigenvalue weighted by Crippen LogP contribution is -2.29. The maximum Gasteiger partial charge on any atom is 0.112 e. The number of halogens is 1. The van der Waals surface area contributed by atoms with Gasteiger partial charge in [-0.1, -0.05) is 49.8 Å². The van der Waals surface area contributed by atoms with E-state index in [0.29, 0.717) is 6.42 Å². The van der Waals surface area contributed by atoms with E-state index in [-0.39, 0.29) is 12.1 Å². The Morgan fingerprint density at radius 1 is 1.38 bits per heavy atom. The Bertz CT molecular complexity index is 624. The minimum Gasteiger partial charge on any atom is -0.246 e. The summed E-state index contributed by atoms with van der Waals surface area (Å²) in [5, 5.41) is 0. The fourth-order valence-corrected chi connectivity index (χ4v) is 3.37. The Hall–Kier alpha value is -1.81. The SMILES string of the molecule is C#CCCC1=C(CF)C(C)(C)c2cccc(/C=C\C)c2C1. The van der Waals surface area contributed by atoms with E-state index in [1.165, 1.54) is 22.3 Å². The van der Waals surface area contributed by atoms with Gasteiger partial charge in [-0.25, -0.2) is 4.39 Å². The van der Waals surface area contributed by atoms with Crippen LogP contribution in [0.25, 0.3) is 6.08 Å². The summed E-state index contributed by atoms with van der Waals surface area (Å²) in [6.45, 7) is 5.88. The van der Waals surface area contributed by atoms with E-state index in [0.717, 1.165) is 18.4 Å². The van der Waals surface area contributed by atoms with E-state index >= 15 is 0 Å². The van der Waals surface area contributed by atoms with Crippen molar-refractivity contribution in [2.45, 2.75) is 45.4 Å². The summed E-state index contributed by atoms with van der Waals surface area (Å²) in [4.78, 5) is 0. The van der Waals surface area contributed by atoms with Gasteiger partial charge in [0.15, 0.2) is 0 Å². The fraction of sp³-hybridized carbons (Fsp3) is 0.400. The Balaban J connectivity index is 2.58. The molecule has 0 aliphatic heterocycles. The van der Waals surface area contributed by atoms with Crippen LogP contribution in [0, 0.1) is 12.3 Å². The molecule has 0 spiro atoms. The summed E-state index contributed by atoms with van der Waals surface area (Å²) in [5.41, 5.74) is 5.65. The number of allylic oxidation sites excluding steroid dienone is 3. The van der Waals surface area contributed by atoms with Gasteiger partial charge in [0, 0.05) is 11.8 Å². The lowest BCUT2D eigenvalue weighted by Gasteiger charge is -2.37. The van der Waals surface area contributed by atoms with Crippen molar-refractivity contribution in [1.82, 2.24) is 0 Å². The first-order chi connectivity index (χ1) is 10.1. The topological polar surface area (TPSA) is 0 Å². The zero-order valence-corrected chi connectivity index (χ0v) is 13.2. The van der Waals surface area contributed by atoms with Gasteiger partial charge in [-0.2, -0.15) is 0 Å². The zero-order valence-electron chi connectivity index (χ0n) is 13.2. The predicted octanol–water partition coefficient (Wildman–Crippen LogP) is 5.23. The molecule has 1 heteroatoms.